The second-order valence-corrected chi connectivity index (χ2v) is 3.66. The molecule has 0 amide bonds. The highest BCUT2D eigenvalue weighted by molar-refractivity contribution is 5.74. The number of rotatable bonds is 1. The molecule has 0 aliphatic rings. The minimum atomic E-state index is 0.0330. The summed E-state index contributed by atoms with van der Waals surface area (Å²) in [6.45, 7) is 1.64. The zero-order valence-corrected chi connectivity index (χ0v) is 8.81. The maximum atomic E-state index is 9.88. The van der Waals surface area contributed by atoms with Crippen molar-refractivity contribution in [1.82, 2.24) is 0 Å². The van der Waals surface area contributed by atoms with Crippen molar-refractivity contribution in [2.75, 3.05) is 0 Å². The molecule has 0 atom stereocenters. The Morgan fingerprint density at radius 2 is 1.69 bits per heavy atom. The molecule has 3 N–H and O–H groups in total. The maximum absolute atomic E-state index is 9.88. The van der Waals surface area contributed by atoms with E-state index in [0.717, 1.165) is 0 Å². The van der Waals surface area contributed by atoms with Gasteiger partial charge in [0.1, 0.15) is 17.2 Å². The summed E-state index contributed by atoms with van der Waals surface area (Å²) in [6, 6.07) is 9.75. The van der Waals surface area contributed by atoms with Crippen LogP contribution >= 0.6 is 0 Å². The van der Waals surface area contributed by atoms with Crippen LogP contribution in [0.4, 0.5) is 0 Å². The fourth-order valence-corrected chi connectivity index (χ4v) is 1.60. The number of benzene rings is 2. The molecule has 0 bridgehead atoms. The first kappa shape index (κ1) is 10.4. The van der Waals surface area contributed by atoms with Gasteiger partial charge in [-0.05, 0) is 36.8 Å². The maximum Gasteiger partial charge on any atom is 0.130 e. The predicted molar refractivity (Wildman–Crippen MR) is 61.6 cm³/mol. The van der Waals surface area contributed by atoms with Gasteiger partial charge >= 0.3 is 0 Å². The summed E-state index contributed by atoms with van der Waals surface area (Å²) < 4.78 is 0. The summed E-state index contributed by atoms with van der Waals surface area (Å²) in [4.78, 5) is 0. The van der Waals surface area contributed by atoms with Gasteiger partial charge in [-0.1, -0.05) is 12.1 Å². The van der Waals surface area contributed by atoms with E-state index < -0.39 is 0 Å². The van der Waals surface area contributed by atoms with Gasteiger partial charge in [-0.15, -0.1) is 0 Å². The standard InChI is InChI=1S/C13H12O3/c1-8-12(15)6-5-11(13(8)16)9-3-2-4-10(14)7-9/h2-7,14-16H,1H3. The van der Waals surface area contributed by atoms with Crippen molar-refractivity contribution >= 4 is 0 Å². The van der Waals surface area contributed by atoms with Crippen molar-refractivity contribution in [2.24, 2.45) is 0 Å². The molecule has 82 valence electrons. The van der Waals surface area contributed by atoms with Crippen LogP contribution in [-0.2, 0) is 0 Å². The van der Waals surface area contributed by atoms with Gasteiger partial charge in [0.15, 0.2) is 0 Å². The lowest BCUT2D eigenvalue weighted by molar-refractivity contribution is 0.444. The first-order valence-corrected chi connectivity index (χ1v) is 4.90. The average Bonchev–Trinajstić information content (AvgIpc) is 2.26. The molecular weight excluding hydrogens is 204 g/mol. The van der Waals surface area contributed by atoms with Crippen molar-refractivity contribution < 1.29 is 15.3 Å². The van der Waals surface area contributed by atoms with Crippen molar-refractivity contribution in [3.05, 3.63) is 42.0 Å². The van der Waals surface area contributed by atoms with Crippen LogP contribution in [0.5, 0.6) is 17.2 Å². The molecule has 0 spiro atoms. The number of phenols is 3. The summed E-state index contributed by atoms with van der Waals surface area (Å²) in [5.74, 6) is 0.231. The van der Waals surface area contributed by atoms with Gasteiger partial charge in [-0.25, -0.2) is 0 Å². The van der Waals surface area contributed by atoms with E-state index in [9.17, 15) is 15.3 Å². The second kappa shape index (κ2) is 3.77. The molecule has 0 aliphatic carbocycles. The monoisotopic (exact) mass is 216 g/mol. The number of hydrogen-bond donors (Lipinski definition) is 3. The van der Waals surface area contributed by atoms with Crippen LogP contribution in [0.25, 0.3) is 11.1 Å². The van der Waals surface area contributed by atoms with Crippen LogP contribution in [0.15, 0.2) is 36.4 Å². The number of aromatic hydroxyl groups is 3. The summed E-state index contributed by atoms with van der Waals surface area (Å²) in [7, 11) is 0. The molecule has 0 saturated carbocycles. The Morgan fingerprint density at radius 1 is 0.938 bits per heavy atom. The quantitative estimate of drug-likeness (QED) is 0.686. The fourth-order valence-electron chi connectivity index (χ4n) is 1.60. The predicted octanol–water partition coefficient (Wildman–Crippen LogP) is 2.78. The molecule has 2 aromatic rings. The van der Waals surface area contributed by atoms with E-state index >= 15 is 0 Å². The first-order chi connectivity index (χ1) is 7.59. The van der Waals surface area contributed by atoms with Crippen molar-refractivity contribution in [1.29, 1.82) is 0 Å². The molecule has 0 aliphatic heterocycles. The fraction of sp³-hybridized carbons (Fsp3) is 0.0769. The largest absolute Gasteiger partial charge is 0.508 e. The summed E-state index contributed by atoms with van der Waals surface area (Å²) in [5.41, 5.74) is 1.73. The Balaban J connectivity index is 2.61. The Kier molecular flexibility index (Phi) is 2.44. The topological polar surface area (TPSA) is 60.7 Å². The van der Waals surface area contributed by atoms with Crippen LogP contribution in [0.2, 0.25) is 0 Å². The van der Waals surface area contributed by atoms with Gasteiger partial charge in [0.25, 0.3) is 0 Å². The molecule has 2 aromatic carbocycles. The average molecular weight is 216 g/mol. The summed E-state index contributed by atoms with van der Waals surface area (Å²) in [5, 5.41) is 28.7. The molecule has 2 rings (SSSR count). The molecule has 0 radical (unpaired) electrons. The SMILES string of the molecule is Cc1c(O)ccc(-c2cccc(O)c2)c1O. The van der Waals surface area contributed by atoms with Crippen LogP contribution in [-0.4, -0.2) is 15.3 Å². The Hall–Kier alpha value is -2.16. The van der Waals surface area contributed by atoms with Crippen LogP contribution in [0.3, 0.4) is 0 Å². The molecule has 0 saturated heterocycles. The van der Waals surface area contributed by atoms with E-state index in [1.807, 2.05) is 0 Å². The minimum absolute atomic E-state index is 0.0330. The van der Waals surface area contributed by atoms with E-state index in [-0.39, 0.29) is 17.2 Å². The molecule has 0 heterocycles. The molecule has 0 unspecified atom stereocenters. The van der Waals surface area contributed by atoms with Crippen LogP contribution in [0, 0.1) is 6.92 Å². The smallest absolute Gasteiger partial charge is 0.130 e. The highest BCUT2D eigenvalue weighted by atomic mass is 16.3. The van der Waals surface area contributed by atoms with Crippen LogP contribution < -0.4 is 0 Å². The van der Waals surface area contributed by atoms with E-state index in [4.69, 9.17) is 0 Å². The van der Waals surface area contributed by atoms with Gasteiger partial charge < -0.3 is 15.3 Å². The van der Waals surface area contributed by atoms with E-state index in [2.05, 4.69) is 0 Å². The van der Waals surface area contributed by atoms with E-state index in [0.29, 0.717) is 16.7 Å². The van der Waals surface area contributed by atoms with Crippen molar-refractivity contribution in [3.63, 3.8) is 0 Å². The molecule has 0 fully saturated rings. The van der Waals surface area contributed by atoms with Gasteiger partial charge in [0.2, 0.25) is 0 Å². The zero-order valence-electron chi connectivity index (χ0n) is 8.81. The Morgan fingerprint density at radius 3 is 2.38 bits per heavy atom. The lowest BCUT2D eigenvalue weighted by atomic mass is 10.0. The lowest BCUT2D eigenvalue weighted by Gasteiger charge is -2.09. The number of phenolic OH excluding ortho intramolecular Hbond substituents is 3. The second-order valence-electron chi connectivity index (χ2n) is 3.66. The highest BCUT2D eigenvalue weighted by Gasteiger charge is 2.10. The van der Waals surface area contributed by atoms with E-state index in [1.165, 1.54) is 6.07 Å². The third kappa shape index (κ3) is 1.67. The van der Waals surface area contributed by atoms with Crippen molar-refractivity contribution in [2.45, 2.75) is 6.92 Å². The normalized spacial score (nSPS) is 10.3. The van der Waals surface area contributed by atoms with Gasteiger partial charge in [0, 0.05) is 11.1 Å². The highest BCUT2D eigenvalue weighted by Crippen LogP contribution is 2.37. The molecule has 3 heteroatoms. The lowest BCUT2D eigenvalue weighted by Crippen LogP contribution is -1.83. The van der Waals surface area contributed by atoms with Crippen LogP contribution in [0.1, 0.15) is 5.56 Å². The van der Waals surface area contributed by atoms with Gasteiger partial charge in [-0.2, -0.15) is 0 Å². The van der Waals surface area contributed by atoms with Crippen molar-refractivity contribution in [3.8, 4) is 28.4 Å². The molecule has 16 heavy (non-hydrogen) atoms. The molecule has 3 nitrogen and oxygen atoms in total. The zero-order chi connectivity index (χ0) is 11.7. The summed E-state index contributed by atoms with van der Waals surface area (Å²) in [6.07, 6.45) is 0. The molecular formula is C13H12O3. The Labute approximate surface area is 93.2 Å². The van der Waals surface area contributed by atoms with Gasteiger partial charge in [-0.3, -0.25) is 0 Å². The van der Waals surface area contributed by atoms with E-state index in [1.54, 1.807) is 37.3 Å². The third-order valence-electron chi connectivity index (χ3n) is 2.56. The summed E-state index contributed by atoms with van der Waals surface area (Å²) >= 11 is 0. The van der Waals surface area contributed by atoms with Gasteiger partial charge in [0.05, 0.1) is 0 Å². The first-order valence-electron chi connectivity index (χ1n) is 4.90. The molecule has 0 aromatic heterocycles. The number of hydrogen-bond acceptors (Lipinski definition) is 3. The Bertz CT molecular complexity index is 533. The third-order valence-corrected chi connectivity index (χ3v) is 2.56. The minimum Gasteiger partial charge on any atom is -0.508 e.